The van der Waals surface area contributed by atoms with E-state index in [1.807, 2.05) is 23.2 Å². The van der Waals surface area contributed by atoms with Crippen LogP contribution in [0.3, 0.4) is 0 Å². The first kappa shape index (κ1) is 23.4. The summed E-state index contributed by atoms with van der Waals surface area (Å²) < 4.78 is 5.60. The van der Waals surface area contributed by atoms with Crippen LogP contribution in [0.2, 0.25) is 0 Å². The molecule has 3 aliphatic carbocycles. The number of para-hydroxylation sites is 1. The van der Waals surface area contributed by atoms with Gasteiger partial charge in [0.2, 0.25) is 5.91 Å². The fourth-order valence-corrected chi connectivity index (χ4v) is 8.51. The molecule has 6 heteroatoms. The van der Waals surface area contributed by atoms with Gasteiger partial charge in [-0.2, -0.15) is 0 Å². The molecule has 0 unspecified atom stereocenters. The molecule has 1 aromatic rings. The molecule has 0 N–H and O–H groups in total. The number of hydrazine groups is 1. The lowest BCUT2D eigenvalue weighted by atomic mass is 9.49. The first-order valence-electron chi connectivity index (χ1n) is 13.7. The standard InChI is InChI=1S/C29H39N3O3/c1-28-13-11-24-22(19-30-26-18-21(33)10-12-29(24,26)2)23(28)8-9-25(28)27(34)32(20-6-4-3-5-7-20)31-14-16-35-17-15-31/h3-7,22-25H,8-19H2,1-2H3/t22-,23-,24-,25+,28-,29+/m0/s1. The van der Waals surface area contributed by atoms with Crippen LogP contribution in [0, 0.1) is 34.5 Å². The Bertz CT molecular complexity index is 1020. The number of morpholine rings is 1. The highest BCUT2D eigenvalue weighted by Crippen LogP contribution is 2.64. The smallest absolute Gasteiger partial charge is 0.245 e. The average molecular weight is 478 g/mol. The highest BCUT2D eigenvalue weighted by molar-refractivity contribution is 6.07. The van der Waals surface area contributed by atoms with E-state index >= 15 is 0 Å². The Morgan fingerprint density at radius 1 is 1.06 bits per heavy atom. The predicted octanol–water partition coefficient (Wildman–Crippen LogP) is 4.54. The van der Waals surface area contributed by atoms with Crippen LogP contribution >= 0.6 is 0 Å². The van der Waals surface area contributed by atoms with Crippen LogP contribution < -0.4 is 5.01 Å². The Hall–Kier alpha value is -2.05. The maximum Gasteiger partial charge on any atom is 0.245 e. The molecule has 6 nitrogen and oxygen atoms in total. The number of carbonyl (C=O) groups is 2. The number of benzene rings is 1. The number of carbonyl (C=O) groups excluding carboxylic acids is 2. The summed E-state index contributed by atoms with van der Waals surface area (Å²) in [4.78, 5) is 31.6. The summed E-state index contributed by atoms with van der Waals surface area (Å²) in [6.07, 6.45) is 6.53. The lowest BCUT2D eigenvalue weighted by Crippen LogP contribution is -2.57. The van der Waals surface area contributed by atoms with E-state index in [1.54, 1.807) is 0 Å². The van der Waals surface area contributed by atoms with Crippen LogP contribution in [0.4, 0.5) is 5.69 Å². The molecule has 2 aliphatic heterocycles. The minimum atomic E-state index is 0.00539. The highest BCUT2D eigenvalue weighted by atomic mass is 16.5. The minimum absolute atomic E-state index is 0.00539. The van der Waals surface area contributed by atoms with Gasteiger partial charge in [0.1, 0.15) is 5.78 Å². The number of ketones is 1. The van der Waals surface area contributed by atoms with Gasteiger partial charge in [-0.05, 0) is 67.4 Å². The van der Waals surface area contributed by atoms with Gasteiger partial charge in [-0.15, -0.1) is 0 Å². The molecule has 3 saturated carbocycles. The largest absolute Gasteiger partial charge is 0.379 e. The highest BCUT2D eigenvalue weighted by Gasteiger charge is 2.61. The summed E-state index contributed by atoms with van der Waals surface area (Å²) in [5.41, 5.74) is 2.22. The van der Waals surface area contributed by atoms with E-state index in [1.165, 1.54) is 5.71 Å². The van der Waals surface area contributed by atoms with E-state index in [0.29, 0.717) is 49.6 Å². The molecule has 2 heterocycles. The first-order valence-corrected chi connectivity index (χ1v) is 13.7. The number of ether oxygens (including phenoxy) is 1. The van der Waals surface area contributed by atoms with Crippen molar-refractivity contribution in [2.24, 2.45) is 39.5 Å². The van der Waals surface area contributed by atoms with Crippen molar-refractivity contribution >= 4 is 23.1 Å². The molecule has 1 aromatic carbocycles. The van der Waals surface area contributed by atoms with Gasteiger partial charge in [-0.25, -0.2) is 10.0 Å². The van der Waals surface area contributed by atoms with Crippen molar-refractivity contribution < 1.29 is 14.3 Å². The van der Waals surface area contributed by atoms with Crippen molar-refractivity contribution in [2.75, 3.05) is 37.9 Å². The number of Topliss-reactive ketones (excluding diaryl/α,β-unsaturated/α-hetero) is 1. The molecule has 0 bridgehead atoms. The Morgan fingerprint density at radius 3 is 2.60 bits per heavy atom. The molecular formula is C29H39N3O3. The maximum atomic E-state index is 14.4. The van der Waals surface area contributed by atoms with E-state index in [-0.39, 0.29) is 22.7 Å². The van der Waals surface area contributed by atoms with Gasteiger partial charge in [0.15, 0.2) is 0 Å². The van der Waals surface area contributed by atoms with E-state index in [0.717, 1.165) is 57.4 Å². The van der Waals surface area contributed by atoms with E-state index in [4.69, 9.17) is 9.73 Å². The molecule has 0 aromatic heterocycles. The number of fused-ring (bicyclic) bond motifs is 5. The molecular weight excluding hydrogens is 438 g/mol. The second-order valence-corrected chi connectivity index (χ2v) is 12.0. The molecule has 1 amide bonds. The second kappa shape index (κ2) is 8.81. The topological polar surface area (TPSA) is 62.2 Å². The van der Waals surface area contributed by atoms with Crippen molar-refractivity contribution in [3.05, 3.63) is 30.3 Å². The Morgan fingerprint density at radius 2 is 1.83 bits per heavy atom. The normalized spacial score (nSPS) is 39.3. The fourth-order valence-electron chi connectivity index (χ4n) is 8.51. The number of hydrogen-bond acceptors (Lipinski definition) is 5. The zero-order valence-corrected chi connectivity index (χ0v) is 21.2. The lowest BCUT2D eigenvalue weighted by molar-refractivity contribution is -0.133. The lowest BCUT2D eigenvalue weighted by Gasteiger charge is -2.56. The number of amides is 1. The molecule has 6 atom stereocenters. The number of rotatable bonds is 3. The summed E-state index contributed by atoms with van der Waals surface area (Å²) in [6.45, 7) is 8.43. The van der Waals surface area contributed by atoms with Gasteiger partial charge < -0.3 is 4.74 Å². The monoisotopic (exact) mass is 477 g/mol. The van der Waals surface area contributed by atoms with Gasteiger partial charge >= 0.3 is 0 Å². The SMILES string of the molecule is C[C@]12CC[C@H]3[C@@H](CN=C4CC(=O)CC[C@@]43C)[C@@H]1CC[C@@H]2C(=O)N(c1ccccc1)N1CCOCC1. The molecule has 4 fully saturated rings. The number of nitrogens with zero attached hydrogens (tertiary/aromatic N) is 3. The van der Waals surface area contributed by atoms with Crippen molar-refractivity contribution in [1.29, 1.82) is 0 Å². The quantitative estimate of drug-likeness (QED) is 0.641. The van der Waals surface area contributed by atoms with Gasteiger partial charge in [0.25, 0.3) is 0 Å². The van der Waals surface area contributed by atoms with Crippen LogP contribution in [0.5, 0.6) is 0 Å². The van der Waals surface area contributed by atoms with Gasteiger partial charge in [-0.1, -0.05) is 32.0 Å². The Kier molecular flexibility index (Phi) is 5.88. The van der Waals surface area contributed by atoms with Crippen molar-refractivity contribution in [2.45, 2.75) is 58.8 Å². The molecule has 5 aliphatic rings. The summed E-state index contributed by atoms with van der Waals surface area (Å²) in [6, 6.07) is 10.2. The molecule has 0 radical (unpaired) electrons. The zero-order chi connectivity index (χ0) is 24.2. The fraction of sp³-hybridized carbons (Fsp3) is 0.690. The van der Waals surface area contributed by atoms with Crippen LogP contribution in [-0.4, -0.2) is 55.3 Å². The minimum Gasteiger partial charge on any atom is -0.379 e. The van der Waals surface area contributed by atoms with Crippen LogP contribution in [-0.2, 0) is 14.3 Å². The molecule has 35 heavy (non-hydrogen) atoms. The summed E-state index contributed by atoms with van der Waals surface area (Å²) in [5, 5.41) is 4.18. The zero-order valence-electron chi connectivity index (χ0n) is 21.2. The Balaban J connectivity index is 1.29. The van der Waals surface area contributed by atoms with E-state index in [9.17, 15) is 9.59 Å². The van der Waals surface area contributed by atoms with Crippen molar-refractivity contribution in [3.63, 3.8) is 0 Å². The van der Waals surface area contributed by atoms with Gasteiger partial charge in [0.05, 0.1) is 18.9 Å². The predicted molar refractivity (Wildman–Crippen MR) is 136 cm³/mol. The van der Waals surface area contributed by atoms with Crippen LogP contribution in [0.1, 0.15) is 58.8 Å². The van der Waals surface area contributed by atoms with Crippen LogP contribution in [0.15, 0.2) is 35.3 Å². The molecule has 6 rings (SSSR count). The third-order valence-electron chi connectivity index (χ3n) is 10.5. The number of aliphatic imine (C=N–C) groups is 1. The summed E-state index contributed by atoms with van der Waals surface area (Å²) >= 11 is 0. The first-order chi connectivity index (χ1) is 16.9. The summed E-state index contributed by atoms with van der Waals surface area (Å²) in [7, 11) is 0. The molecule has 1 saturated heterocycles. The van der Waals surface area contributed by atoms with Crippen LogP contribution in [0.25, 0.3) is 0 Å². The third kappa shape index (κ3) is 3.71. The molecule has 0 spiro atoms. The average Bonchev–Trinajstić information content (AvgIpc) is 3.23. The third-order valence-corrected chi connectivity index (χ3v) is 10.5. The van der Waals surface area contributed by atoms with E-state index < -0.39 is 0 Å². The van der Waals surface area contributed by atoms with Crippen molar-refractivity contribution in [1.82, 2.24) is 5.01 Å². The summed E-state index contributed by atoms with van der Waals surface area (Å²) in [5.74, 6) is 2.30. The second-order valence-electron chi connectivity index (χ2n) is 12.0. The number of hydrogen-bond donors (Lipinski definition) is 0. The Labute approximate surface area is 209 Å². The van der Waals surface area contributed by atoms with Gasteiger partial charge in [0, 0.05) is 49.5 Å². The van der Waals surface area contributed by atoms with Crippen molar-refractivity contribution in [3.8, 4) is 0 Å². The molecule has 188 valence electrons. The maximum absolute atomic E-state index is 14.4. The van der Waals surface area contributed by atoms with E-state index in [2.05, 4.69) is 31.0 Å². The number of anilines is 1. The van der Waals surface area contributed by atoms with Gasteiger partial charge in [-0.3, -0.25) is 14.6 Å².